The molecule has 1 unspecified atom stereocenters. The summed E-state index contributed by atoms with van der Waals surface area (Å²) in [6.07, 6.45) is 3.37. The molecule has 3 nitrogen and oxygen atoms in total. The summed E-state index contributed by atoms with van der Waals surface area (Å²) in [6, 6.07) is 7.88. The number of hydrogen-bond acceptors (Lipinski definition) is 4. The van der Waals surface area contributed by atoms with Crippen LogP contribution >= 0.6 is 11.8 Å². The van der Waals surface area contributed by atoms with Crippen molar-refractivity contribution in [2.75, 3.05) is 5.75 Å². The smallest absolute Gasteiger partial charge is 0.187 e. The van der Waals surface area contributed by atoms with E-state index in [4.69, 9.17) is 5.73 Å². The van der Waals surface area contributed by atoms with Crippen LogP contribution in [0.15, 0.2) is 47.9 Å². The first kappa shape index (κ1) is 12.0. The number of hydrogen-bond donors (Lipinski definition) is 1. The molecule has 2 aromatic rings. The molecule has 0 aliphatic rings. The lowest BCUT2D eigenvalue weighted by Gasteiger charge is -2.10. The first-order chi connectivity index (χ1) is 8.25. The SMILES string of the molecule is NC(CSc1ncccn1)c1cccc(F)c1. The van der Waals surface area contributed by atoms with Crippen LogP contribution in [0.4, 0.5) is 4.39 Å². The molecule has 1 atom stereocenters. The Labute approximate surface area is 103 Å². The van der Waals surface area contributed by atoms with Gasteiger partial charge in [-0.15, -0.1) is 0 Å². The number of halogens is 1. The van der Waals surface area contributed by atoms with E-state index in [0.29, 0.717) is 10.9 Å². The topological polar surface area (TPSA) is 51.8 Å². The molecule has 88 valence electrons. The number of benzene rings is 1. The van der Waals surface area contributed by atoms with Crippen molar-refractivity contribution in [2.45, 2.75) is 11.2 Å². The molecule has 0 fully saturated rings. The van der Waals surface area contributed by atoms with Gasteiger partial charge in [0.25, 0.3) is 0 Å². The Kier molecular flexibility index (Phi) is 4.06. The standard InChI is InChI=1S/C12H12FN3S/c13-10-4-1-3-9(7-10)11(14)8-17-12-15-5-2-6-16-12/h1-7,11H,8,14H2. The third kappa shape index (κ3) is 3.51. The maximum absolute atomic E-state index is 13.0. The Morgan fingerprint density at radius 1 is 1.24 bits per heavy atom. The Hall–Kier alpha value is -1.46. The summed E-state index contributed by atoms with van der Waals surface area (Å²) < 4.78 is 13.0. The Balaban J connectivity index is 1.96. The van der Waals surface area contributed by atoms with Gasteiger partial charge in [-0.1, -0.05) is 23.9 Å². The minimum Gasteiger partial charge on any atom is -0.323 e. The molecular weight excluding hydrogens is 237 g/mol. The van der Waals surface area contributed by atoms with E-state index in [-0.39, 0.29) is 11.9 Å². The summed E-state index contributed by atoms with van der Waals surface area (Å²) in [5.41, 5.74) is 6.75. The summed E-state index contributed by atoms with van der Waals surface area (Å²) >= 11 is 1.46. The molecule has 0 aliphatic carbocycles. The predicted octanol–water partition coefficient (Wildman–Crippen LogP) is 2.41. The molecule has 0 saturated carbocycles. The lowest BCUT2D eigenvalue weighted by atomic mass is 10.1. The lowest BCUT2D eigenvalue weighted by Crippen LogP contribution is -2.13. The third-order valence-electron chi connectivity index (χ3n) is 2.21. The summed E-state index contributed by atoms with van der Waals surface area (Å²) in [4.78, 5) is 8.17. The van der Waals surface area contributed by atoms with Gasteiger partial charge in [-0.2, -0.15) is 0 Å². The van der Waals surface area contributed by atoms with Crippen molar-refractivity contribution in [3.8, 4) is 0 Å². The van der Waals surface area contributed by atoms with Gasteiger partial charge in [0.1, 0.15) is 5.82 Å². The van der Waals surface area contributed by atoms with Crippen molar-refractivity contribution in [3.63, 3.8) is 0 Å². The van der Waals surface area contributed by atoms with E-state index in [2.05, 4.69) is 9.97 Å². The number of nitrogens with two attached hydrogens (primary N) is 1. The monoisotopic (exact) mass is 249 g/mol. The van der Waals surface area contributed by atoms with E-state index >= 15 is 0 Å². The fourth-order valence-corrected chi connectivity index (χ4v) is 2.15. The van der Waals surface area contributed by atoms with Gasteiger partial charge in [-0.05, 0) is 23.8 Å². The van der Waals surface area contributed by atoms with Gasteiger partial charge in [-0.25, -0.2) is 14.4 Å². The fourth-order valence-electron chi connectivity index (χ4n) is 1.36. The maximum Gasteiger partial charge on any atom is 0.187 e. The molecule has 0 radical (unpaired) electrons. The highest BCUT2D eigenvalue weighted by atomic mass is 32.2. The van der Waals surface area contributed by atoms with Gasteiger partial charge < -0.3 is 5.73 Å². The fraction of sp³-hybridized carbons (Fsp3) is 0.167. The van der Waals surface area contributed by atoms with Crippen molar-refractivity contribution < 1.29 is 4.39 Å². The average molecular weight is 249 g/mol. The highest BCUT2D eigenvalue weighted by Gasteiger charge is 2.08. The third-order valence-corrected chi connectivity index (χ3v) is 3.21. The zero-order valence-corrected chi connectivity index (χ0v) is 9.90. The van der Waals surface area contributed by atoms with E-state index in [1.807, 2.05) is 6.07 Å². The molecule has 5 heteroatoms. The summed E-state index contributed by atoms with van der Waals surface area (Å²) in [5.74, 6) is 0.354. The highest BCUT2D eigenvalue weighted by molar-refractivity contribution is 7.99. The van der Waals surface area contributed by atoms with Crippen molar-refractivity contribution in [1.29, 1.82) is 0 Å². The minimum atomic E-state index is -0.265. The zero-order valence-electron chi connectivity index (χ0n) is 9.08. The predicted molar refractivity (Wildman–Crippen MR) is 66.1 cm³/mol. The molecule has 0 saturated heterocycles. The van der Waals surface area contributed by atoms with Crippen LogP contribution in [0.1, 0.15) is 11.6 Å². The highest BCUT2D eigenvalue weighted by Crippen LogP contribution is 2.20. The van der Waals surface area contributed by atoms with E-state index in [0.717, 1.165) is 5.56 Å². The number of aromatic nitrogens is 2. The van der Waals surface area contributed by atoms with Gasteiger partial charge in [-0.3, -0.25) is 0 Å². The van der Waals surface area contributed by atoms with Crippen LogP contribution < -0.4 is 5.73 Å². The average Bonchev–Trinajstić information content (AvgIpc) is 2.37. The van der Waals surface area contributed by atoms with Crippen LogP contribution in [0, 0.1) is 5.82 Å². The second-order valence-electron chi connectivity index (χ2n) is 3.50. The van der Waals surface area contributed by atoms with Gasteiger partial charge in [0.15, 0.2) is 5.16 Å². The van der Waals surface area contributed by atoms with Crippen LogP contribution in [0.25, 0.3) is 0 Å². The molecule has 2 N–H and O–H groups in total. The second kappa shape index (κ2) is 5.75. The summed E-state index contributed by atoms with van der Waals surface area (Å²) in [6.45, 7) is 0. The maximum atomic E-state index is 13.0. The first-order valence-electron chi connectivity index (χ1n) is 5.16. The van der Waals surface area contributed by atoms with Gasteiger partial charge in [0, 0.05) is 24.2 Å². The number of nitrogens with zero attached hydrogens (tertiary/aromatic N) is 2. The molecule has 17 heavy (non-hydrogen) atoms. The van der Waals surface area contributed by atoms with E-state index in [1.54, 1.807) is 24.5 Å². The molecule has 2 rings (SSSR count). The quantitative estimate of drug-likeness (QED) is 0.668. The lowest BCUT2D eigenvalue weighted by molar-refractivity contribution is 0.622. The van der Waals surface area contributed by atoms with E-state index in [1.165, 1.54) is 23.9 Å². The molecule has 0 spiro atoms. The Morgan fingerprint density at radius 2 is 2.00 bits per heavy atom. The molecule has 0 aliphatic heterocycles. The molecule has 0 amide bonds. The molecular formula is C12H12FN3S. The normalized spacial score (nSPS) is 12.4. The largest absolute Gasteiger partial charge is 0.323 e. The van der Waals surface area contributed by atoms with Crippen molar-refractivity contribution in [3.05, 3.63) is 54.1 Å². The molecule has 1 aromatic carbocycles. The number of thioether (sulfide) groups is 1. The Morgan fingerprint density at radius 3 is 2.71 bits per heavy atom. The summed E-state index contributed by atoms with van der Waals surface area (Å²) in [7, 11) is 0. The first-order valence-corrected chi connectivity index (χ1v) is 6.15. The Bertz CT molecular complexity index is 478. The number of rotatable bonds is 4. The molecule has 1 heterocycles. The van der Waals surface area contributed by atoms with E-state index < -0.39 is 0 Å². The van der Waals surface area contributed by atoms with Crippen LogP contribution in [0.5, 0.6) is 0 Å². The van der Waals surface area contributed by atoms with Crippen molar-refractivity contribution >= 4 is 11.8 Å². The van der Waals surface area contributed by atoms with Gasteiger partial charge in [0.2, 0.25) is 0 Å². The zero-order chi connectivity index (χ0) is 12.1. The van der Waals surface area contributed by atoms with Crippen molar-refractivity contribution in [1.82, 2.24) is 9.97 Å². The van der Waals surface area contributed by atoms with Crippen LogP contribution in [0.2, 0.25) is 0 Å². The van der Waals surface area contributed by atoms with Crippen LogP contribution in [-0.2, 0) is 0 Å². The molecule has 0 bridgehead atoms. The van der Waals surface area contributed by atoms with E-state index in [9.17, 15) is 4.39 Å². The summed E-state index contributed by atoms with van der Waals surface area (Å²) in [5, 5.41) is 0.680. The molecule has 1 aromatic heterocycles. The van der Waals surface area contributed by atoms with Crippen LogP contribution in [-0.4, -0.2) is 15.7 Å². The minimum absolute atomic E-state index is 0.223. The van der Waals surface area contributed by atoms with Crippen LogP contribution in [0.3, 0.4) is 0 Å². The van der Waals surface area contributed by atoms with Gasteiger partial charge in [0.05, 0.1) is 0 Å². The second-order valence-corrected chi connectivity index (χ2v) is 4.49. The van der Waals surface area contributed by atoms with Crippen molar-refractivity contribution in [2.24, 2.45) is 5.73 Å². The van der Waals surface area contributed by atoms with Gasteiger partial charge >= 0.3 is 0 Å².